The second-order valence-corrected chi connectivity index (χ2v) is 8.15. The first kappa shape index (κ1) is 19.3. The van der Waals surface area contributed by atoms with Crippen LogP contribution in [0.3, 0.4) is 0 Å². The van der Waals surface area contributed by atoms with Crippen molar-refractivity contribution in [1.29, 1.82) is 0 Å². The fourth-order valence-electron chi connectivity index (χ4n) is 3.06. The molecule has 1 aliphatic rings. The van der Waals surface area contributed by atoms with Gasteiger partial charge in [-0.2, -0.15) is 5.10 Å². The van der Waals surface area contributed by atoms with Gasteiger partial charge in [0.2, 0.25) is 0 Å². The zero-order chi connectivity index (χ0) is 19.4. The third-order valence-electron chi connectivity index (χ3n) is 4.86. The van der Waals surface area contributed by atoms with E-state index in [0.29, 0.717) is 6.42 Å². The van der Waals surface area contributed by atoms with Gasteiger partial charge < -0.3 is 0 Å². The number of nitrogens with zero attached hydrogens (tertiary/aromatic N) is 1. The second kappa shape index (κ2) is 8.03. The predicted octanol–water partition coefficient (Wildman–Crippen LogP) is 3.35. The number of benzene rings is 2. The van der Waals surface area contributed by atoms with Gasteiger partial charge >= 0.3 is 0 Å². The number of aryl methyl sites for hydroxylation is 1. The summed E-state index contributed by atoms with van der Waals surface area (Å²) in [5.74, 6) is -0.139. The summed E-state index contributed by atoms with van der Waals surface area (Å²) in [6.45, 7) is 8.61. The Morgan fingerprint density at radius 2 is 1.74 bits per heavy atom. The highest BCUT2D eigenvalue weighted by Gasteiger charge is 2.29. The standard InChI is InChI=1S/C22H28N4O/c1-15-5-9-17(10-6-15)19-13-20(25-24-19)21(27)26-23-14-16-7-11-18(12-8-16)22(2,3)4/h5-12,14,19-20,24-25H,13H2,1-4H3,(H,26,27)/b23-14+. The third-order valence-corrected chi connectivity index (χ3v) is 4.86. The van der Waals surface area contributed by atoms with Crippen LogP contribution in [-0.2, 0) is 10.2 Å². The molecule has 1 fully saturated rings. The van der Waals surface area contributed by atoms with Crippen molar-refractivity contribution in [3.8, 4) is 0 Å². The lowest BCUT2D eigenvalue weighted by Crippen LogP contribution is -2.41. The Balaban J connectivity index is 1.52. The van der Waals surface area contributed by atoms with Crippen molar-refractivity contribution in [3.05, 3.63) is 70.8 Å². The van der Waals surface area contributed by atoms with Crippen LogP contribution in [0.15, 0.2) is 53.6 Å². The maximum Gasteiger partial charge on any atom is 0.258 e. The number of nitrogens with one attached hydrogen (secondary N) is 3. The van der Waals surface area contributed by atoms with Crippen molar-refractivity contribution < 1.29 is 4.79 Å². The first-order valence-corrected chi connectivity index (χ1v) is 9.34. The van der Waals surface area contributed by atoms with E-state index in [9.17, 15) is 4.79 Å². The Bertz CT molecular complexity index is 804. The third kappa shape index (κ3) is 5.02. The molecule has 3 rings (SSSR count). The molecule has 1 saturated heterocycles. The van der Waals surface area contributed by atoms with E-state index in [2.05, 4.69) is 85.5 Å². The molecule has 0 spiro atoms. The van der Waals surface area contributed by atoms with Crippen molar-refractivity contribution in [2.75, 3.05) is 0 Å². The van der Waals surface area contributed by atoms with E-state index >= 15 is 0 Å². The van der Waals surface area contributed by atoms with Crippen LogP contribution < -0.4 is 16.3 Å². The summed E-state index contributed by atoms with van der Waals surface area (Å²) < 4.78 is 0. The highest BCUT2D eigenvalue weighted by Crippen LogP contribution is 2.23. The van der Waals surface area contributed by atoms with Crippen LogP contribution >= 0.6 is 0 Å². The minimum absolute atomic E-state index is 0.121. The van der Waals surface area contributed by atoms with Gasteiger partial charge in [-0.3, -0.25) is 4.79 Å². The van der Waals surface area contributed by atoms with Gasteiger partial charge in [0.05, 0.1) is 6.21 Å². The molecule has 3 N–H and O–H groups in total. The molecule has 0 saturated carbocycles. The van der Waals surface area contributed by atoms with E-state index in [-0.39, 0.29) is 23.4 Å². The van der Waals surface area contributed by atoms with Gasteiger partial charge in [-0.25, -0.2) is 16.3 Å². The number of hydrogen-bond donors (Lipinski definition) is 3. The highest BCUT2D eigenvalue weighted by molar-refractivity contribution is 5.85. The van der Waals surface area contributed by atoms with Gasteiger partial charge in [-0.1, -0.05) is 74.9 Å². The van der Waals surface area contributed by atoms with E-state index in [0.717, 1.165) is 5.56 Å². The molecule has 0 bridgehead atoms. The lowest BCUT2D eigenvalue weighted by atomic mass is 9.87. The van der Waals surface area contributed by atoms with E-state index in [1.54, 1.807) is 6.21 Å². The normalized spacial score (nSPS) is 20.1. The van der Waals surface area contributed by atoms with Crippen molar-refractivity contribution >= 4 is 12.1 Å². The Morgan fingerprint density at radius 1 is 1.07 bits per heavy atom. The summed E-state index contributed by atoms with van der Waals surface area (Å²) >= 11 is 0. The molecule has 5 nitrogen and oxygen atoms in total. The fraction of sp³-hybridized carbons (Fsp3) is 0.364. The van der Waals surface area contributed by atoms with Gasteiger partial charge in [-0.15, -0.1) is 0 Å². The number of hydrazone groups is 1. The van der Waals surface area contributed by atoms with E-state index in [4.69, 9.17) is 0 Å². The largest absolute Gasteiger partial charge is 0.271 e. The van der Waals surface area contributed by atoms with Crippen molar-refractivity contribution in [2.24, 2.45) is 5.10 Å². The average molecular weight is 364 g/mol. The van der Waals surface area contributed by atoms with Gasteiger partial charge in [0.1, 0.15) is 6.04 Å². The van der Waals surface area contributed by atoms with Gasteiger partial charge in [-0.05, 0) is 35.4 Å². The van der Waals surface area contributed by atoms with Crippen molar-refractivity contribution in [2.45, 2.75) is 51.6 Å². The second-order valence-electron chi connectivity index (χ2n) is 8.15. The zero-order valence-electron chi connectivity index (χ0n) is 16.4. The number of hydrogen-bond acceptors (Lipinski definition) is 4. The van der Waals surface area contributed by atoms with Crippen molar-refractivity contribution in [1.82, 2.24) is 16.3 Å². The molecule has 1 aliphatic heterocycles. The van der Waals surface area contributed by atoms with Gasteiger partial charge in [0, 0.05) is 6.04 Å². The lowest BCUT2D eigenvalue weighted by molar-refractivity contribution is -0.122. The van der Waals surface area contributed by atoms with Crippen LogP contribution in [0.1, 0.15) is 55.5 Å². The Morgan fingerprint density at radius 3 is 2.37 bits per heavy atom. The van der Waals surface area contributed by atoms with E-state index in [1.165, 1.54) is 16.7 Å². The average Bonchev–Trinajstić information content (AvgIpc) is 3.12. The number of carbonyl (C=O) groups excluding carboxylic acids is 1. The lowest BCUT2D eigenvalue weighted by Gasteiger charge is -2.18. The van der Waals surface area contributed by atoms with Crippen LogP contribution in [0.5, 0.6) is 0 Å². The first-order valence-electron chi connectivity index (χ1n) is 9.34. The van der Waals surface area contributed by atoms with Crippen molar-refractivity contribution in [3.63, 3.8) is 0 Å². The fourth-order valence-corrected chi connectivity index (χ4v) is 3.06. The summed E-state index contributed by atoms with van der Waals surface area (Å²) in [6.07, 6.45) is 2.36. The molecule has 27 heavy (non-hydrogen) atoms. The SMILES string of the molecule is Cc1ccc(C2CC(C(=O)N/N=C/c3ccc(C(C)(C)C)cc3)NN2)cc1. The van der Waals surface area contributed by atoms with Crippen LogP contribution in [0.4, 0.5) is 0 Å². The Hall–Kier alpha value is -2.50. The van der Waals surface area contributed by atoms with Crippen LogP contribution in [-0.4, -0.2) is 18.2 Å². The molecule has 1 heterocycles. The molecular weight excluding hydrogens is 336 g/mol. The minimum Gasteiger partial charge on any atom is -0.271 e. The summed E-state index contributed by atoms with van der Waals surface area (Å²) in [7, 11) is 0. The molecule has 5 heteroatoms. The number of hydrazine groups is 1. The highest BCUT2D eigenvalue weighted by atomic mass is 16.2. The molecule has 0 aromatic heterocycles. The van der Waals surface area contributed by atoms with Crippen LogP contribution in [0, 0.1) is 6.92 Å². The Labute approximate surface area is 161 Å². The summed E-state index contributed by atoms with van der Waals surface area (Å²) in [4.78, 5) is 12.3. The molecular formula is C22H28N4O. The van der Waals surface area contributed by atoms with Crippen LogP contribution in [0.25, 0.3) is 0 Å². The monoisotopic (exact) mass is 364 g/mol. The molecule has 142 valence electrons. The summed E-state index contributed by atoms with van der Waals surface area (Å²) in [5, 5.41) is 4.10. The van der Waals surface area contributed by atoms with Gasteiger partial charge in [0.15, 0.2) is 0 Å². The van der Waals surface area contributed by atoms with E-state index < -0.39 is 0 Å². The minimum atomic E-state index is -0.309. The zero-order valence-corrected chi connectivity index (χ0v) is 16.4. The number of rotatable bonds is 4. The maximum atomic E-state index is 12.3. The molecule has 2 unspecified atom stereocenters. The number of amides is 1. The summed E-state index contributed by atoms with van der Waals surface area (Å²) in [5.41, 5.74) is 13.6. The molecule has 0 radical (unpaired) electrons. The van der Waals surface area contributed by atoms with Crippen LogP contribution in [0.2, 0.25) is 0 Å². The quantitative estimate of drug-likeness (QED) is 0.576. The molecule has 0 aliphatic carbocycles. The summed E-state index contributed by atoms with van der Waals surface area (Å²) in [6, 6.07) is 16.4. The Kier molecular flexibility index (Phi) is 5.73. The molecule has 2 aromatic carbocycles. The predicted molar refractivity (Wildman–Crippen MR) is 109 cm³/mol. The molecule has 1 amide bonds. The topological polar surface area (TPSA) is 65.5 Å². The van der Waals surface area contributed by atoms with E-state index in [1.807, 2.05) is 12.1 Å². The van der Waals surface area contributed by atoms with Gasteiger partial charge in [0.25, 0.3) is 5.91 Å². The molecule has 2 aromatic rings. The smallest absolute Gasteiger partial charge is 0.258 e. The first-order chi connectivity index (χ1) is 12.8. The maximum absolute atomic E-state index is 12.3. The molecule has 2 atom stereocenters. The number of carbonyl (C=O) groups is 1.